The van der Waals surface area contributed by atoms with Gasteiger partial charge in [-0.25, -0.2) is 9.97 Å². The zero-order chi connectivity index (χ0) is 19.1. The first-order valence-electron chi connectivity index (χ1n) is 8.51. The van der Waals surface area contributed by atoms with Crippen molar-refractivity contribution in [2.24, 2.45) is 0 Å². The summed E-state index contributed by atoms with van der Waals surface area (Å²) in [6.45, 7) is 4.33. The number of fused-ring (bicyclic) bond motifs is 3. The molecule has 0 bridgehead atoms. The number of rotatable bonds is 5. The number of nitrogens with zero attached hydrogens (tertiary/aromatic N) is 3. The molecule has 140 valence electrons. The first kappa shape index (κ1) is 17.8. The predicted molar refractivity (Wildman–Crippen MR) is 104 cm³/mol. The number of hydrogen-bond donors (Lipinski definition) is 1. The fourth-order valence-electron chi connectivity index (χ4n) is 3.36. The second-order valence-corrected chi connectivity index (χ2v) is 6.68. The number of aromatic nitrogens is 4. The molecule has 0 radical (unpaired) electrons. The van der Waals surface area contributed by atoms with Crippen LogP contribution in [0.25, 0.3) is 33.1 Å². The van der Waals surface area contributed by atoms with Crippen LogP contribution < -0.4 is 4.74 Å². The highest BCUT2D eigenvalue weighted by Crippen LogP contribution is 2.40. The number of benzene rings is 1. The number of aromatic amines is 1. The highest BCUT2D eigenvalue weighted by atomic mass is 35.5. The number of aryl methyl sites for hydroxylation is 2. The largest absolute Gasteiger partial charge is 0.496 e. The molecule has 0 unspecified atom stereocenters. The second kappa shape index (κ2) is 6.83. The third kappa shape index (κ3) is 2.93. The number of halogens is 1. The molecular weight excluding hydrogens is 368 g/mol. The molecule has 4 aromatic rings. The molecule has 0 saturated carbocycles. The summed E-state index contributed by atoms with van der Waals surface area (Å²) in [5.41, 5.74) is 4.21. The van der Waals surface area contributed by atoms with E-state index in [-0.39, 0.29) is 0 Å². The summed E-state index contributed by atoms with van der Waals surface area (Å²) < 4.78 is 16.1. The molecule has 0 aliphatic rings. The van der Waals surface area contributed by atoms with Gasteiger partial charge < -0.3 is 19.0 Å². The zero-order valence-corrected chi connectivity index (χ0v) is 16.3. The molecule has 7 nitrogen and oxygen atoms in total. The van der Waals surface area contributed by atoms with Crippen LogP contribution in [0.1, 0.15) is 17.3 Å². The lowest BCUT2D eigenvalue weighted by Crippen LogP contribution is -2.01. The smallest absolute Gasteiger partial charge is 0.143 e. The molecule has 0 aliphatic heterocycles. The Labute approximate surface area is 160 Å². The Morgan fingerprint density at radius 1 is 1.19 bits per heavy atom. The molecule has 0 spiro atoms. The van der Waals surface area contributed by atoms with Crippen molar-refractivity contribution >= 4 is 33.5 Å². The van der Waals surface area contributed by atoms with Crippen LogP contribution in [0.15, 0.2) is 16.7 Å². The highest BCUT2D eigenvalue weighted by Gasteiger charge is 2.20. The molecule has 3 heterocycles. The van der Waals surface area contributed by atoms with Gasteiger partial charge in [0.1, 0.15) is 28.1 Å². The van der Waals surface area contributed by atoms with Crippen LogP contribution in [0.3, 0.4) is 0 Å². The van der Waals surface area contributed by atoms with Crippen LogP contribution in [0.2, 0.25) is 5.15 Å². The van der Waals surface area contributed by atoms with Gasteiger partial charge in [-0.3, -0.25) is 0 Å². The van der Waals surface area contributed by atoms with Crippen LogP contribution in [-0.4, -0.2) is 40.9 Å². The van der Waals surface area contributed by atoms with Crippen LogP contribution in [0.5, 0.6) is 5.75 Å². The summed E-state index contributed by atoms with van der Waals surface area (Å²) in [5.74, 6) is 2.08. The minimum Gasteiger partial charge on any atom is -0.496 e. The van der Waals surface area contributed by atoms with E-state index < -0.39 is 0 Å². The SMILES string of the molecule is COCCc1nc(Cl)c2c(n1)[nH]c1cc(-c3c(C)noc3C)c(OC)cc12. The fourth-order valence-corrected chi connectivity index (χ4v) is 3.65. The second-order valence-electron chi connectivity index (χ2n) is 6.32. The number of hydrogen-bond acceptors (Lipinski definition) is 6. The van der Waals surface area contributed by atoms with Crippen LogP contribution in [0.4, 0.5) is 0 Å². The topological polar surface area (TPSA) is 86.1 Å². The van der Waals surface area contributed by atoms with Crippen LogP contribution in [-0.2, 0) is 11.2 Å². The number of nitrogens with one attached hydrogen (secondary N) is 1. The van der Waals surface area contributed by atoms with Gasteiger partial charge in [0.15, 0.2) is 0 Å². The molecule has 0 atom stereocenters. The number of H-pyrrole nitrogens is 1. The molecule has 0 amide bonds. The van der Waals surface area contributed by atoms with Gasteiger partial charge in [-0.15, -0.1) is 0 Å². The molecule has 8 heteroatoms. The van der Waals surface area contributed by atoms with Crippen molar-refractivity contribution in [2.75, 3.05) is 20.8 Å². The molecule has 4 rings (SSSR count). The minimum atomic E-state index is 0.407. The van der Waals surface area contributed by atoms with Gasteiger partial charge in [-0.05, 0) is 26.0 Å². The maximum absolute atomic E-state index is 6.47. The predicted octanol–water partition coefficient (Wildman–Crippen LogP) is 4.23. The molecule has 0 saturated heterocycles. The zero-order valence-electron chi connectivity index (χ0n) is 15.5. The van der Waals surface area contributed by atoms with Crippen LogP contribution >= 0.6 is 11.6 Å². The van der Waals surface area contributed by atoms with Gasteiger partial charge in [-0.1, -0.05) is 16.8 Å². The van der Waals surface area contributed by atoms with E-state index in [0.717, 1.165) is 38.9 Å². The van der Waals surface area contributed by atoms with Gasteiger partial charge in [0.05, 0.1) is 30.4 Å². The van der Waals surface area contributed by atoms with E-state index in [1.807, 2.05) is 26.0 Å². The van der Waals surface area contributed by atoms with Gasteiger partial charge in [0.2, 0.25) is 0 Å². The Hall–Kier alpha value is -2.64. The molecule has 27 heavy (non-hydrogen) atoms. The lowest BCUT2D eigenvalue weighted by molar-refractivity contribution is 0.200. The minimum absolute atomic E-state index is 0.407. The first-order valence-corrected chi connectivity index (χ1v) is 8.89. The van der Waals surface area contributed by atoms with E-state index in [0.29, 0.717) is 35.4 Å². The van der Waals surface area contributed by atoms with E-state index in [1.54, 1.807) is 14.2 Å². The summed E-state index contributed by atoms with van der Waals surface area (Å²) in [6.07, 6.45) is 0.592. The van der Waals surface area contributed by atoms with Gasteiger partial charge >= 0.3 is 0 Å². The lowest BCUT2D eigenvalue weighted by atomic mass is 10.0. The molecular formula is C19H19ClN4O3. The quantitative estimate of drug-likeness (QED) is 0.516. The van der Waals surface area contributed by atoms with Crippen molar-refractivity contribution in [3.8, 4) is 16.9 Å². The van der Waals surface area contributed by atoms with E-state index >= 15 is 0 Å². The first-order chi connectivity index (χ1) is 13.0. The van der Waals surface area contributed by atoms with Crippen molar-refractivity contribution in [3.63, 3.8) is 0 Å². The standard InChI is InChI=1S/C19H19ClN4O3/c1-9-16(10(2)27-24-9)12-7-13-11(8-14(12)26-4)17-18(20)22-15(5-6-25-3)23-19(17)21-13/h7-8H,5-6H2,1-4H3,(H,21,22,23). The summed E-state index contributed by atoms with van der Waals surface area (Å²) in [5, 5.41) is 6.13. The Balaban J connectivity index is 1.96. The Morgan fingerprint density at radius 3 is 2.67 bits per heavy atom. The van der Waals surface area contributed by atoms with Crippen molar-refractivity contribution in [3.05, 3.63) is 34.6 Å². The normalized spacial score (nSPS) is 11.6. The summed E-state index contributed by atoms with van der Waals surface area (Å²) in [7, 11) is 3.28. The summed E-state index contributed by atoms with van der Waals surface area (Å²) in [4.78, 5) is 12.3. The van der Waals surface area contributed by atoms with E-state index in [4.69, 9.17) is 25.6 Å². The number of methoxy groups -OCH3 is 2. The Bertz CT molecular complexity index is 1130. The Morgan fingerprint density at radius 2 is 2.00 bits per heavy atom. The van der Waals surface area contributed by atoms with Crippen molar-refractivity contribution in [1.82, 2.24) is 20.1 Å². The molecule has 1 N–H and O–H groups in total. The van der Waals surface area contributed by atoms with E-state index in [2.05, 4.69) is 20.1 Å². The van der Waals surface area contributed by atoms with Gasteiger partial charge in [-0.2, -0.15) is 0 Å². The third-order valence-electron chi connectivity index (χ3n) is 4.61. The van der Waals surface area contributed by atoms with Crippen molar-refractivity contribution in [1.29, 1.82) is 0 Å². The summed E-state index contributed by atoms with van der Waals surface area (Å²) in [6, 6.07) is 3.95. The van der Waals surface area contributed by atoms with Crippen LogP contribution in [0, 0.1) is 13.8 Å². The van der Waals surface area contributed by atoms with Gasteiger partial charge in [0, 0.05) is 30.0 Å². The average Bonchev–Trinajstić information content (AvgIpc) is 3.17. The monoisotopic (exact) mass is 386 g/mol. The van der Waals surface area contributed by atoms with E-state index in [9.17, 15) is 0 Å². The average molecular weight is 387 g/mol. The maximum Gasteiger partial charge on any atom is 0.143 e. The number of ether oxygens (including phenoxy) is 2. The lowest BCUT2D eigenvalue weighted by Gasteiger charge is -2.09. The van der Waals surface area contributed by atoms with Crippen molar-refractivity contribution in [2.45, 2.75) is 20.3 Å². The highest BCUT2D eigenvalue weighted by molar-refractivity contribution is 6.36. The third-order valence-corrected chi connectivity index (χ3v) is 4.88. The fraction of sp³-hybridized carbons (Fsp3) is 0.316. The molecule has 0 fully saturated rings. The van der Waals surface area contributed by atoms with Gasteiger partial charge in [0.25, 0.3) is 0 Å². The van der Waals surface area contributed by atoms with Crippen molar-refractivity contribution < 1.29 is 14.0 Å². The molecule has 0 aliphatic carbocycles. The molecule has 3 aromatic heterocycles. The maximum atomic E-state index is 6.47. The summed E-state index contributed by atoms with van der Waals surface area (Å²) >= 11 is 6.47. The Kier molecular flexibility index (Phi) is 4.49. The van der Waals surface area contributed by atoms with E-state index in [1.165, 1.54) is 0 Å². The molecule has 1 aromatic carbocycles.